The van der Waals surface area contributed by atoms with E-state index in [4.69, 9.17) is 0 Å². The molecular formula is C12H20. The Hall–Kier alpha value is -0.260. The average molecular weight is 164 g/mol. The van der Waals surface area contributed by atoms with Crippen molar-refractivity contribution in [3.8, 4) is 0 Å². The Bertz CT molecular complexity index is 172. The second-order valence-corrected chi connectivity index (χ2v) is 4.53. The number of allylic oxidation sites excluding steroid dienone is 2. The first-order chi connectivity index (χ1) is 5.88. The van der Waals surface area contributed by atoms with Gasteiger partial charge >= 0.3 is 0 Å². The molecule has 0 aromatic heterocycles. The van der Waals surface area contributed by atoms with Gasteiger partial charge in [0.25, 0.3) is 0 Å². The first-order valence-electron chi connectivity index (χ1n) is 5.54. The quantitative estimate of drug-likeness (QED) is 0.515. The van der Waals surface area contributed by atoms with Crippen molar-refractivity contribution in [1.82, 2.24) is 0 Å². The number of hydrogen-bond acceptors (Lipinski definition) is 0. The normalized spacial score (nSPS) is 32.1. The van der Waals surface area contributed by atoms with Crippen LogP contribution in [0.2, 0.25) is 0 Å². The smallest absolute Gasteiger partial charge is 0.0178 e. The molecule has 68 valence electrons. The lowest BCUT2D eigenvalue weighted by atomic mass is 9.78. The molecule has 12 heavy (non-hydrogen) atoms. The minimum Gasteiger partial charge on any atom is -0.0853 e. The summed E-state index contributed by atoms with van der Waals surface area (Å²) in [6, 6.07) is 0. The lowest BCUT2D eigenvalue weighted by molar-refractivity contribution is 0.347. The Morgan fingerprint density at radius 3 is 2.50 bits per heavy atom. The van der Waals surface area contributed by atoms with Gasteiger partial charge in [0.2, 0.25) is 0 Å². The van der Waals surface area contributed by atoms with Crippen molar-refractivity contribution in [2.45, 2.75) is 51.9 Å². The molecule has 0 aromatic carbocycles. The topological polar surface area (TPSA) is 0 Å². The standard InChI is InChI=1S/C12H20/c1-10-6-2-5-9-12(10)11-7-3-4-8-11/h6,11-12H,2-5,7-9H2,1H3. The fraction of sp³-hybridized carbons (Fsp3) is 0.833. The third-order valence-corrected chi connectivity index (χ3v) is 3.74. The van der Waals surface area contributed by atoms with Crippen LogP contribution in [0.25, 0.3) is 0 Å². The highest BCUT2D eigenvalue weighted by atomic mass is 14.3. The Morgan fingerprint density at radius 2 is 1.83 bits per heavy atom. The van der Waals surface area contributed by atoms with E-state index in [1.165, 1.54) is 44.9 Å². The zero-order valence-electron chi connectivity index (χ0n) is 8.18. The summed E-state index contributed by atoms with van der Waals surface area (Å²) in [4.78, 5) is 0. The first kappa shape index (κ1) is 8.34. The summed E-state index contributed by atoms with van der Waals surface area (Å²) < 4.78 is 0. The molecule has 1 atom stereocenters. The van der Waals surface area contributed by atoms with Crippen molar-refractivity contribution in [1.29, 1.82) is 0 Å². The van der Waals surface area contributed by atoms with E-state index in [9.17, 15) is 0 Å². The van der Waals surface area contributed by atoms with Gasteiger partial charge in [-0.2, -0.15) is 0 Å². The molecule has 2 rings (SSSR count). The van der Waals surface area contributed by atoms with Crippen LogP contribution in [-0.2, 0) is 0 Å². The fourth-order valence-electron chi connectivity index (χ4n) is 3.01. The van der Waals surface area contributed by atoms with Gasteiger partial charge in [-0.3, -0.25) is 0 Å². The minimum absolute atomic E-state index is 0.973. The van der Waals surface area contributed by atoms with Gasteiger partial charge in [0.1, 0.15) is 0 Å². The highest BCUT2D eigenvalue weighted by Gasteiger charge is 2.26. The molecule has 0 saturated heterocycles. The maximum Gasteiger partial charge on any atom is -0.0178 e. The molecule has 2 aliphatic carbocycles. The highest BCUT2D eigenvalue weighted by Crippen LogP contribution is 2.39. The summed E-state index contributed by atoms with van der Waals surface area (Å²) in [5.74, 6) is 2.03. The van der Waals surface area contributed by atoms with E-state index in [0.29, 0.717) is 0 Å². The maximum absolute atomic E-state index is 2.48. The van der Waals surface area contributed by atoms with Crippen LogP contribution in [-0.4, -0.2) is 0 Å². The molecule has 0 bridgehead atoms. The van der Waals surface area contributed by atoms with E-state index in [0.717, 1.165) is 11.8 Å². The molecule has 1 saturated carbocycles. The van der Waals surface area contributed by atoms with Crippen LogP contribution >= 0.6 is 0 Å². The zero-order chi connectivity index (χ0) is 8.39. The molecule has 0 radical (unpaired) electrons. The van der Waals surface area contributed by atoms with Crippen LogP contribution in [0.3, 0.4) is 0 Å². The van der Waals surface area contributed by atoms with Crippen LogP contribution in [0.1, 0.15) is 51.9 Å². The van der Waals surface area contributed by atoms with Crippen LogP contribution in [0, 0.1) is 11.8 Å². The number of rotatable bonds is 1. The van der Waals surface area contributed by atoms with Crippen molar-refractivity contribution >= 4 is 0 Å². The summed E-state index contributed by atoms with van der Waals surface area (Å²) in [6.07, 6.45) is 12.8. The SMILES string of the molecule is CC1=CCCCC1C1CCCC1. The molecule has 2 aliphatic rings. The van der Waals surface area contributed by atoms with E-state index in [1.54, 1.807) is 5.57 Å². The van der Waals surface area contributed by atoms with Crippen LogP contribution in [0.15, 0.2) is 11.6 Å². The van der Waals surface area contributed by atoms with Crippen molar-refractivity contribution in [3.63, 3.8) is 0 Å². The van der Waals surface area contributed by atoms with Gasteiger partial charge in [0.15, 0.2) is 0 Å². The van der Waals surface area contributed by atoms with Gasteiger partial charge in [0.05, 0.1) is 0 Å². The van der Waals surface area contributed by atoms with Gasteiger partial charge in [-0.05, 0) is 50.9 Å². The third-order valence-electron chi connectivity index (χ3n) is 3.74. The van der Waals surface area contributed by atoms with Gasteiger partial charge in [-0.15, -0.1) is 0 Å². The van der Waals surface area contributed by atoms with E-state index >= 15 is 0 Å². The van der Waals surface area contributed by atoms with E-state index in [1.807, 2.05) is 0 Å². The van der Waals surface area contributed by atoms with Crippen molar-refractivity contribution in [3.05, 3.63) is 11.6 Å². The summed E-state index contributed by atoms with van der Waals surface area (Å²) in [6.45, 7) is 2.35. The summed E-state index contributed by atoms with van der Waals surface area (Å²) >= 11 is 0. The molecule has 0 nitrogen and oxygen atoms in total. The van der Waals surface area contributed by atoms with E-state index in [-0.39, 0.29) is 0 Å². The van der Waals surface area contributed by atoms with Crippen LogP contribution < -0.4 is 0 Å². The molecule has 1 fully saturated rings. The fourth-order valence-corrected chi connectivity index (χ4v) is 3.01. The minimum atomic E-state index is 0.973. The second-order valence-electron chi connectivity index (χ2n) is 4.53. The Kier molecular flexibility index (Phi) is 2.53. The van der Waals surface area contributed by atoms with Crippen LogP contribution in [0.5, 0.6) is 0 Å². The molecule has 1 unspecified atom stereocenters. The lowest BCUT2D eigenvalue weighted by Gasteiger charge is -2.27. The summed E-state index contributed by atoms with van der Waals surface area (Å²) in [5, 5.41) is 0. The van der Waals surface area contributed by atoms with Gasteiger partial charge in [-0.1, -0.05) is 24.5 Å². The first-order valence-corrected chi connectivity index (χ1v) is 5.54. The van der Waals surface area contributed by atoms with Gasteiger partial charge < -0.3 is 0 Å². The van der Waals surface area contributed by atoms with Crippen molar-refractivity contribution in [2.24, 2.45) is 11.8 Å². The summed E-state index contributed by atoms with van der Waals surface area (Å²) in [5.41, 5.74) is 1.70. The van der Waals surface area contributed by atoms with Crippen molar-refractivity contribution < 1.29 is 0 Å². The number of hydrogen-bond donors (Lipinski definition) is 0. The predicted octanol–water partition coefficient (Wildman–Crippen LogP) is 3.92. The highest BCUT2D eigenvalue weighted by molar-refractivity contribution is 5.08. The Labute approximate surface area is 76.1 Å². The van der Waals surface area contributed by atoms with Gasteiger partial charge in [0, 0.05) is 0 Å². The van der Waals surface area contributed by atoms with Crippen LogP contribution in [0.4, 0.5) is 0 Å². The third kappa shape index (κ3) is 1.57. The van der Waals surface area contributed by atoms with E-state index < -0.39 is 0 Å². The second kappa shape index (κ2) is 3.64. The molecule has 0 aliphatic heterocycles. The molecule has 0 amide bonds. The Morgan fingerprint density at radius 1 is 1.08 bits per heavy atom. The average Bonchev–Trinajstić information content (AvgIpc) is 2.57. The van der Waals surface area contributed by atoms with Gasteiger partial charge in [-0.25, -0.2) is 0 Å². The molecule has 0 spiro atoms. The molecular weight excluding hydrogens is 144 g/mol. The largest absolute Gasteiger partial charge is 0.0853 e. The zero-order valence-corrected chi connectivity index (χ0v) is 8.18. The maximum atomic E-state index is 2.48. The molecule has 0 heteroatoms. The monoisotopic (exact) mass is 164 g/mol. The molecule has 0 N–H and O–H groups in total. The molecule has 0 heterocycles. The molecule has 0 aromatic rings. The predicted molar refractivity (Wildman–Crippen MR) is 53.1 cm³/mol. The van der Waals surface area contributed by atoms with E-state index in [2.05, 4.69) is 13.0 Å². The summed E-state index contributed by atoms with van der Waals surface area (Å²) in [7, 11) is 0. The lowest BCUT2D eigenvalue weighted by Crippen LogP contribution is -2.15. The van der Waals surface area contributed by atoms with Crippen molar-refractivity contribution in [2.75, 3.05) is 0 Å². The Balaban J connectivity index is 2.01.